The van der Waals surface area contributed by atoms with Gasteiger partial charge in [-0.3, -0.25) is 9.56 Å². The number of rotatable bonds is 1. The summed E-state index contributed by atoms with van der Waals surface area (Å²) in [6.45, 7) is 1.93. The van der Waals surface area contributed by atoms with Gasteiger partial charge < -0.3 is 0 Å². The second kappa shape index (κ2) is 4.84. The Hall–Kier alpha value is -2.89. The van der Waals surface area contributed by atoms with Crippen molar-refractivity contribution < 1.29 is 4.39 Å². The van der Waals surface area contributed by atoms with E-state index in [9.17, 15) is 4.39 Å². The zero-order chi connectivity index (χ0) is 15.1. The maximum atomic E-state index is 14.1. The average molecular weight is 293 g/mol. The van der Waals surface area contributed by atoms with E-state index in [2.05, 4.69) is 20.2 Å². The third-order valence-corrected chi connectivity index (χ3v) is 3.65. The summed E-state index contributed by atoms with van der Waals surface area (Å²) in [6, 6.07) is 10.5. The predicted octanol–water partition coefficient (Wildman–Crippen LogP) is 2.96. The highest BCUT2D eigenvalue weighted by molar-refractivity contribution is 5.86. The summed E-state index contributed by atoms with van der Waals surface area (Å²) in [6.07, 6.45) is 3.36. The maximum absolute atomic E-state index is 14.1. The molecule has 0 amide bonds. The van der Waals surface area contributed by atoms with E-state index in [1.54, 1.807) is 12.3 Å². The van der Waals surface area contributed by atoms with E-state index in [0.29, 0.717) is 11.6 Å². The largest absolute Gasteiger partial charge is 0.281 e. The van der Waals surface area contributed by atoms with Gasteiger partial charge in [0.15, 0.2) is 17.5 Å². The van der Waals surface area contributed by atoms with E-state index in [1.807, 2.05) is 42.0 Å². The first-order valence-corrected chi connectivity index (χ1v) is 6.94. The minimum atomic E-state index is -0.423. The van der Waals surface area contributed by atoms with Crippen molar-refractivity contribution in [2.24, 2.45) is 4.99 Å². The van der Waals surface area contributed by atoms with E-state index in [-0.39, 0.29) is 11.7 Å². The lowest BCUT2D eigenvalue weighted by atomic mass is 10.2. The maximum Gasteiger partial charge on any atom is 0.190 e. The fourth-order valence-corrected chi connectivity index (χ4v) is 2.57. The fraction of sp³-hybridized carbons (Fsp3) is 0.125. The van der Waals surface area contributed by atoms with Crippen molar-refractivity contribution in [2.75, 3.05) is 0 Å². The summed E-state index contributed by atoms with van der Waals surface area (Å²) in [5.74, 6) is 0.632. The van der Waals surface area contributed by atoms with Crippen LogP contribution >= 0.6 is 0 Å². The number of pyridine rings is 1. The molecule has 1 unspecified atom stereocenters. The molecule has 2 aromatic heterocycles. The molecule has 108 valence electrons. The molecule has 0 saturated heterocycles. The number of halogens is 1. The van der Waals surface area contributed by atoms with Crippen LogP contribution in [0.25, 0.3) is 17.2 Å². The molecule has 0 N–H and O–H groups in total. The lowest BCUT2D eigenvalue weighted by Crippen LogP contribution is -2.06. The van der Waals surface area contributed by atoms with Crippen molar-refractivity contribution in [3.8, 4) is 17.2 Å². The Kier molecular flexibility index (Phi) is 2.82. The smallest absolute Gasteiger partial charge is 0.190 e. The number of fused-ring (bicyclic) bond motifs is 3. The molecule has 1 aliphatic rings. The van der Waals surface area contributed by atoms with Crippen molar-refractivity contribution in [3.05, 3.63) is 59.8 Å². The summed E-state index contributed by atoms with van der Waals surface area (Å²) < 4.78 is 16.0. The van der Waals surface area contributed by atoms with Crippen molar-refractivity contribution >= 4 is 6.21 Å². The monoisotopic (exact) mass is 293 g/mol. The second-order valence-electron chi connectivity index (χ2n) is 5.06. The molecular weight excluding hydrogens is 281 g/mol. The Morgan fingerprint density at radius 1 is 1.09 bits per heavy atom. The number of hydrogen-bond donors (Lipinski definition) is 0. The third-order valence-electron chi connectivity index (χ3n) is 3.65. The van der Waals surface area contributed by atoms with Gasteiger partial charge in [-0.05, 0) is 25.1 Å². The molecule has 1 atom stereocenters. The summed E-state index contributed by atoms with van der Waals surface area (Å²) in [7, 11) is 0. The summed E-state index contributed by atoms with van der Waals surface area (Å²) in [5, 5.41) is 8.36. The Balaban J connectivity index is 2.04. The van der Waals surface area contributed by atoms with Gasteiger partial charge in [0.25, 0.3) is 0 Å². The van der Waals surface area contributed by atoms with Crippen molar-refractivity contribution in [1.82, 2.24) is 19.7 Å². The van der Waals surface area contributed by atoms with Crippen LogP contribution in [0.1, 0.15) is 24.4 Å². The van der Waals surface area contributed by atoms with Crippen LogP contribution < -0.4 is 0 Å². The SMILES string of the molecule is CC1N=Cc2ccccc2-n2c(-c3ncccc3F)nnc21. The van der Waals surface area contributed by atoms with Gasteiger partial charge in [-0.1, -0.05) is 18.2 Å². The van der Waals surface area contributed by atoms with Gasteiger partial charge in [0, 0.05) is 18.0 Å². The van der Waals surface area contributed by atoms with E-state index in [4.69, 9.17) is 0 Å². The lowest BCUT2D eigenvalue weighted by molar-refractivity contribution is 0.623. The van der Waals surface area contributed by atoms with E-state index >= 15 is 0 Å². The third kappa shape index (κ3) is 1.84. The van der Waals surface area contributed by atoms with Crippen LogP contribution in [-0.4, -0.2) is 26.0 Å². The van der Waals surface area contributed by atoms with Crippen LogP contribution in [0, 0.1) is 5.82 Å². The number of aromatic nitrogens is 4. The zero-order valence-corrected chi connectivity index (χ0v) is 11.8. The molecule has 0 saturated carbocycles. The molecule has 0 radical (unpaired) electrons. The van der Waals surface area contributed by atoms with E-state index in [0.717, 1.165) is 11.3 Å². The summed E-state index contributed by atoms with van der Waals surface area (Å²) in [5.41, 5.74) is 1.99. The molecule has 5 nitrogen and oxygen atoms in total. The molecule has 1 aromatic carbocycles. The van der Waals surface area contributed by atoms with Crippen LogP contribution in [0.3, 0.4) is 0 Å². The van der Waals surface area contributed by atoms with Crippen molar-refractivity contribution in [2.45, 2.75) is 13.0 Å². The van der Waals surface area contributed by atoms with E-state index < -0.39 is 5.82 Å². The van der Waals surface area contributed by atoms with Gasteiger partial charge in [0.2, 0.25) is 0 Å². The number of para-hydroxylation sites is 1. The van der Waals surface area contributed by atoms with Gasteiger partial charge >= 0.3 is 0 Å². The molecule has 0 spiro atoms. The Labute approximate surface area is 126 Å². The van der Waals surface area contributed by atoms with E-state index in [1.165, 1.54) is 6.07 Å². The normalized spacial score (nSPS) is 16.0. The highest BCUT2D eigenvalue weighted by Gasteiger charge is 2.25. The number of benzene rings is 1. The second-order valence-corrected chi connectivity index (χ2v) is 5.06. The quantitative estimate of drug-likeness (QED) is 0.693. The minimum Gasteiger partial charge on any atom is -0.281 e. The molecule has 0 fully saturated rings. The Bertz CT molecular complexity index is 884. The topological polar surface area (TPSA) is 56.0 Å². The van der Waals surface area contributed by atoms with Crippen molar-refractivity contribution in [3.63, 3.8) is 0 Å². The standard InChI is InChI=1S/C16H12FN5/c1-10-15-20-21-16(14-12(17)6-4-8-18-14)22(15)13-7-3-2-5-11(13)9-19-10/h2-10H,1H3. The average Bonchev–Trinajstić information content (AvgIpc) is 2.92. The molecule has 3 aromatic rings. The first-order valence-electron chi connectivity index (χ1n) is 6.94. The van der Waals surface area contributed by atoms with Crippen molar-refractivity contribution in [1.29, 1.82) is 0 Å². The molecule has 3 heterocycles. The molecule has 1 aliphatic heterocycles. The highest BCUT2D eigenvalue weighted by atomic mass is 19.1. The van der Waals surface area contributed by atoms with Gasteiger partial charge in [-0.25, -0.2) is 9.37 Å². The van der Waals surface area contributed by atoms with Crippen LogP contribution in [0.4, 0.5) is 4.39 Å². The van der Waals surface area contributed by atoms with Crippen LogP contribution in [0.5, 0.6) is 0 Å². The lowest BCUT2D eigenvalue weighted by Gasteiger charge is -2.11. The molecule has 4 rings (SSSR count). The summed E-state index contributed by atoms with van der Waals surface area (Å²) in [4.78, 5) is 8.59. The molecule has 6 heteroatoms. The van der Waals surface area contributed by atoms with Gasteiger partial charge in [-0.15, -0.1) is 10.2 Å². The highest BCUT2D eigenvalue weighted by Crippen LogP contribution is 2.30. The van der Waals surface area contributed by atoms with Crippen LogP contribution in [0.15, 0.2) is 47.6 Å². The number of hydrogen-bond acceptors (Lipinski definition) is 4. The van der Waals surface area contributed by atoms with Crippen LogP contribution in [0.2, 0.25) is 0 Å². The minimum absolute atomic E-state index is 0.166. The van der Waals surface area contributed by atoms with Crippen LogP contribution in [-0.2, 0) is 0 Å². The fourth-order valence-electron chi connectivity index (χ4n) is 2.57. The molecule has 22 heavy (non-hydrogen) atoms. The molecule has 0 aliphatic carbocycles. The molecular formula is C16H12FN5. The Morgan fingerprint density at radius 2 is 1.95 bits per heavy atom. The number of aliphatic imine (C=N–C) groups is 1. The molecule has 0 bridgehead atoms. The predicted molar refractivity (Wildman–Crippen MR) is 80.6 cm³/mol. The Morgan fingerprint density at radius 3 is 2.82 bits per heavy atom. The van der Waals surface area contributed by atoms with Gasteiger partial charge in [0.1, 0.15) is 11.7 Å². The zero-order valence-electron chi connectivity index (χ0n) is 11.8. The number of nitrogens with zero attached hydrogens (tertiary/aromatic N) is 5. The first kappa shape index (κ1) is 12.8. The first-order chi connectivity index (χ1) is 10.8. The van der Waals surface area contributed by atoms with Gasteiger partial charge in [0.05, 0.1) is 5.69 Å². The van der Waals surface area contributed by atoms with Gasteiger partial charge in [-0.2, -0.15) is 0 Å². The summed E-state index contributed by atoms with van der Waals surface area (Å²) >= 11 is 0.